The van der Waals surface area contributed by atoms with Crippen LogP contribution in [0.4, 0.5) is 18.9 Å². The number of aliphatic hydroxyl groups is 1. The molecule has 0 saturated heterocycles. The molecule has 0 heterocycles. The lowest BCUT2D eigenvalue weighted by atomic mass is 10.3. The monoisotopic (exact) mass is 318 g/mol. The number of alkyl halides is 2. The zero-order chi connectivity index (χ0) is 14.8. The largest absolute Gasteiger partial charge is 0.396 e. The van der Waals surface area contributed by atoms with E-state index in [9.17, 15) is 21.6 Å². The van der Waals surface area contributed by atoms with Crippen LogP contribution in [0, 0.1) is 5.82 Å². The molecule has 0 saturated carbocycles. The molecule has 0 aliphatic heterocycles. The molecule has 1 aromatic carbocycles. The number of rotatable bonds is 5. The molecule has 0 radical (unpaired) electrons. The number of hydrogen-bond acceptors (Lipinski definition) is 4. The summed E-state index contributed by atoms with van der Waals surface area (Å²) in [6, 6.07) is 1.38. The first-order valence-electron chi connectivity index (χ1n) is 4.82. The molecule has 1 rings (SSSR count). The van der Waals surface area contributed by atoms with Gasteiger partial charge in [0.2, 0.25) is 10.0 Å². The maximum absolute atomic E-state index is 13.0. The van der Waals surface area contributed by atoms with Crippen LogP contribution in [0.5, 0.6) is 0 Å². The van der Waals surface area contributed by atoms with Crippen LogP contribution in [0.15, 0.2) is 17.0 Å². The summed E-state index contributed by atoms with van der Waals surface area (Å²) in [6.45, 7) is -2.84. The van der Waals surface area contributed by atoms with Crippen molar-refractivity contribution in [2.45, 2.75) is 10.8 Å². The molecular weight excluding hydrogens is 309 g/mol. The lowest BCUT2D eigenvalue weighted by Crippen LogP contribution is -2.39. The van der Waals surface area contributed by atoms with E-state index in [0.717, 1.165) is 6.07 Å². The fourth-order valence-corrected chi connectivity index (χ4v) is 2.69. The van der Waals surface area contributed by atoms with Crippen molar-refractivity contribution in [3.05, 3.63) is 23.0 Å². The summed E-state index contributed by atoms with van der Waals surface area (Å²) in [5.41, 5.74) is 4.69. The highest BCUT2D eigenvalue weighted by atomic mass is 35.5. The van der Waals surface area contributed by atoms with Gasteiger partial charge in [0, 0.05) is 0 Å². The number of hydrogen-bond donors (Lipinski definition) is 3. The van der Waals surface area contributed by atoms with Crippen molar-refractivity contribution < 1.29 is 26.7 Å². The molecule has 1 aromatic rings. The third kappa shape index (κ3) is 3.96. The van der Waals surface area contributed by atoms with Crippen LogP contribution in [0.1, 0.15) is 0 Å². The normalized spacial score (nSPS) is 12.7. The maximum Gasteiger partial charge on any atom is 0.283 e. The van der Waals surface area contributed by atoms with E-state index < -0.39 is 50.5 Å². The van der Waals surface area contributed by atoms with Crippen LogP contribution in [0.3, 0.4) is 0 Å². The van der Waals surface area contributed by atoms with Crippen molar-refractivity contribution in [2.75, 3.05) is 18.9 Å². The average molecular weight is 319 g/mol. The Morgan fingerprint density at radius 1 is 1.42 bits per heavy atom. The maximum atomic E-state index is 13.0. The number of benzene rings is 1. The number of nitrogens with one attached hydrogen (secondary N) is 1. The van der Waals surface area contributed by atoms with Gasteiger partial charge in [0.15, 0.2) is 0 Å². The van der Waals surface area contributed by atoms with Gasteiger partial charge in [-0.1, -0.05) is 11.6 Å². The molecule has 5 nitrogen and oxygen atoms in total. The van der Waals surface area contributed by atoms with Crippen molar-refractivity contribution in [3.63, 3.8) is 0 Å². The highest BCUT2D eigenvalue weighted by Crippen LogP contribution is 2.26. The zero-order valence-corrected chi connectivity index (χ0v) is 10.9. The molecule has 0 bridgehead atoms. The Hall–Kier alpha value is -1.03. The minimum atomic E-state index is -4.39. The summed E-state index contributed by atoms with van der Waals surface area (Å²) in [6.07, 6.45) is 0. The van der Waals surface area contributed by atoms with Gasteiger partial charge in [0.1, 0.15) is 17.3 Å². The lowest BCUT2D eigenvalue weighted by molar-refractivity contribution is -0.0437. The van der Waals surface area contributed by atoms with Gasteiger partial charge in [0.05, 0.1) is 17.3 Å². The van der Waals surface area contributed by atoms with Crippen molar-refractivity contribution in [1.29, 1.82) is 0 Å². The number of nitrogen functional groups attached to an aromatic ring is 1. The molecule has 0 amide bonds. The van der Waals surface area contributed by atoms with E-state index in [1.54, 1.807) is 4.72 Å². The predicted octanol–water partition coefficient (Wildman–Crippen LogP) is 0.967. The SMILES string of the molecule is Nc1cc(S(=O)(=O)NCC(F)(F)CO)c(Cl)cc1F. The lowest BCUT2D eigenvalue weighted by Gasteiger charge is -2.15. The predicted molar refractivity (Wildman–Crippen MR) is 63.0 cm³/mol. The van der Waals surface area contributed by atoms with Gasteiger partial charge >= 0.3 is 0 Å². The summed E-state index contributed by atoms with van der Waals surface area (Å²) in [4.78, 5) is -0.623. The van der Waals surface area contributed by atoms with Crippen molar-refractivity contribution in [1.82, 2.24) is 4.72 Å². The van der Waals surface area contributed by atoms with E-state index in [1.807, 2.05) is 0 Å². The van der Waals surface area contributed by atoms with E-state index in [0.29, 0.717) is 6.07 Å². The van der Waals surface area contributed by atoms with E-state index in [-0.39, 0.29) is 0 Å². The fourth-order valence-electron chi connectivity index (χ4n) is 1.09. The average Bonchev–Trinajstić information content (AvgIpc) is 2.31. The molecule has 108 valence electrons. The summed E-state index contributed by atoms with van der Waals surface area (Å²) in [7, 11) is -4.39. The molecule has 19 heavy (non-hydrogen) atoms. The third-order valence-corrected chi connectivity index (χ3v) is 3.96. The second-order valence-electron chi connectivity index (χ2n) is 3.64. The summed E-state index contributed by atoms with van der Waals surface area (Å²) in [5.74, 6) is -4.55. The Morgan fingerprint density at radius 3 is 2.53 bits per heavy atom. The standard InChI is InChI=1S/C9H10ClF3N2O3S/c10-5-1-6(11)7(14)2-8(5)19(17,18)15-3-9(12,13)4-16/h1-2,15-16H,3-4,14H2. The van der Waals surface area contributed by atoms with Crippen LogP contribution < -0.4 is 10.5 Å². The highest BCUT2D eigenvalue weighted by Gasteiger charge is 2.31. The Morgan fingerprint density at radius 2 is 2.00 bits per heavy atom. The van der Waals surface area contributed by atoms with Gasteiger partial charge in [0.25, 0.3) is 5.92 Å². The van der Waals surface area contributed by atoms with Crippen LogP contribution in [-0.4, -0.2) is 32.6 Å². The topological polar surface area (TPSA) is 92.4 Å². The van der Waals surface area contributed by atoms with Gasteiger partial charge in [-0.05, 0) is 12.1 Å². The van der Waals surface area contributed by atoms with Crippen molar-refractivity contribution in [3.8, 4) is 0 Å². The quantitative estimate of drug-likeness (QED) is 0.705. The van der Waals surface area contributed by atoms with Crippen LogP contribution in [0.25, 0.3) is 0 Å². The smallest absolute Gasteiger partial charge is 0.283 e. The van der Waals surface area contributed by atoms with Gasteiger partial charge in [-0.15, -0.1) is 0 Å². The molecule has 0 atom stereocenters. The van der Waals surface area contributed by atoms with Crippen molar-refractivity contribution in [2.24, 2.45) is 0 Å². The molecular formula is C9H10ClF3N2O3S. The van der Waals surface area contributed by atoms with Gasteiger partial charge in [-0.3, -0.25) is 0 Å². The van der Waals surface area contributed by atoms with Gasteiger partial charge in [-0.25, -0.2) is 26.3 Å². The second-order valence-corrected chi connectivity index (χ2v) is 5.79. The van der Waals surface area contributed by atoms with Crippen LogP contribution >= 0.6 is 11.6 Å². The van der Waals surface area contributed by atoms with E-state index >= 15 is 0 Å². The van der Waals surface area contributed by atoms with E-state index in [4.69, 9.17) is 22.4 Å². The Labute approximate surface area is 112 Å². The summed E-state index contributed by atoms with van der Waals surface area (Å²) < 4.78 is 63.4. The molecule has 0 spiro atoms. The number of halogens is 4. The third-order valence-electron chi connectivity index (χ3n) is 2.09. The zero-order valence-electron chi connectivity index (χ0n) is 9.33. The molecule has 10 heteroatoms. The molecule has 0 aliphatic rings. The molecule has 0 aliphatic carbocycles. The summed E-state index contributed by atoms with van der Waals surface area (Å²) in [5, 5.41) is 7.82. The minimum absolute atomic E-state index is 0.487. The number of nitrogens with two attached hydrogens (primary N) is 1. The summed E-state index contributed by atoms with van der Waals surface area (Å²) >= 11 is 5.52. The number of anilines is 1. The van der Waals surface area contributed by atoms with Crippen LogP contribution in [0.2, 0.25) is 5.02 Å². The number of sulfonamides is 1. The Balaban J connectivity index is 3.05. The first-order chi connectivity index (χ1) is 8.59. The minimum Gasteiger partial charge on any atom is -0.396 e. The van der Waals surface area contributed by atoms with Crippen molar-refractivity contribution >= 4 is 27.3 Å². The van der Waals surface area contributed by atoms with E-state index in [1.165, 1.54) is 0 Å². The molecule has 0 unspecified atom stereocenters. The first kappa shape index (κ1) is 16.0. The molecule has 0 aromatic heterocycles. The van der Waals surface area contributed by atoms with E-state index in [2.05, 4.69) is 0 Å². The van der Waals surface area contributed by atoms with Crippen LogP contribution in [-0.2, 0) is 10.0 Å². The first-order valence-corrected chi connectivity index (χ1v) is 6.68. The second kappa shape index (κ2) is 5.53. The molecule has 0 fully saturated rings. The van der Waals surface area contributed by atoms with Gasteiger partial charge < -0.3 is 10.8 Å². The Kier molecular flexibility index (Phi) is 4.67. The van der Waals surface area contributed by atoms with Gasteiger partial charge in [-0.2, -0.15) is 0 Å². The fraction of sp³-hybridized carbons (Fsp3) is 0.333. The Bertz CT molecular complexity index is 580. The molecule has 4 N–H and O–H groups in total. The number of aliphatic hydroxyl groups excluding tert-OH is 1. The highest BCUT2D eigenvalue weighted by molar-refractivity contribution is 7.89.